The van der Waals surface area contributed by atoms with Crippen molar-refractivity contribution in [2.45, 2.75) is 79.4 Å². The number of carbonyl (C=O) groups is 3. The molecule has 0 aromatic carbocycles. The largest absolute Gasteiger partial charge is 0.462 e. The molecule has 0 saturated heterocycles. The molecule has 3 aliphatic carbocycles. The van der Waals surface area contributed by atoms with Crippen LogP contribution in [0.3, 0.4) is 0 Å². The average Bonchev–Trinajstić information content (AvgIpc) is 3.28. The van der Waals surface area contributed by atoms with Gasteiger partial charge >= 0.3 is 11.9 Å². The number of cyclic esters (lactones) is 1. The molecule has 34 heavy (non-hydrogen) atoms. The van der Waals surface area contributed by atoms with Crippen molar-refractivity contribution in [1.29, 1.82) is 0 Å². The lowest BCUT2D eigenvalue weighted by Gasteiger charge is -2.67. The van der Waals surface area contributed by atoms with Gasteiger partial charge in [0.1, 0.15) is 12.2 Å². The Balaban J connectivity index is 1.68. The third-order valence-electron chi connectivity index (χ3n) is 10.2. The van der Waals surface area contributed by atoms with Gasteiger partial charge < -0.3 is 14.8 Å². The predicted octanol–water partition coefficient (Wildman–Crippen LogP) is 4.26. The first-order valence-electron chi connectivity index (χ1n) is 12.6. The van der Waals surface area contributed by atoms with Crippen LogP contribution < -0.4 is 5.32 Å². The fourth-order valence-electron chi connectivity index (χ4n) is 8.48. The van der Waals surface area contributed by atoms with Crippen LogP contribution in [0, 0.1) is 33.5 Å². The summed E-state index contributed by atoms with van der Waals surface area (Å²) in [5.74, 6) is -0.362. The van der Waals surface area contributed by atoms with E-state index in [1.165, 1.54) is 6.92 Å². The van der Waals surface area contributed by atoms with E-state index in [1.807, 2.05) is 20.0 Å². The van der Waals surface area contributed by atoms with Crippen LogP contribution in [0.2, 0.25) is 0 Å². The topological polar surface area (TPSA) is 81.7 Å². The minimum Gasteiger partial charge on any atom is -0.462 e. The molecule has 0 spiro atoms. The standard InChI is InChI=1S/C28H37NO5/c1-16(30)33-22-13-19-25(2,3)21(31)8-11-26(19,4)18-7-10-27(5)20(28(18,22)6)14-23(32)34-24(27)17-9-12-29-15-17/h8,11,14-15,18-19,22,24,29H,7,9-10,12-13H2,1-6H3/t18?,19?,22-,24+,26-,27-,28-/m1/s1. The van der Waals surface area contributed by atoms with Crippen molar-refractivity contribution in [3.63, 3.8) is 0 Å². The van der Waals surface area contributed by atoms with E-state index in [2.05, 4.69) is 32.2 Å². The van der Waals surface area contributed by atoms with Crippen molar-refractivity contribution in [3.8, 4) is 0 Å². The highest BCUT2D eigenvalue weighted by Crippen LogP contribution is 2.70. The minimum absolute atomic E-state index is 0.0398. The maximum absolute atomic E-state index is 13.0. The van der Waals surface area contributed by atoms with Crippen molar-refractivity contribution in [2.75, 3.05) is 6.54 Å². The Bertz CT molecular complexity index is 1050. The highest BCUT2D eigenvalue weighted by atomic mass is 16.5. The Morgan fingerprint density at radius 2 is 1.88 bits per heavy atom. The van der Waals surface area contributed by atoms with E-state index in [9.17, 15) is 14.4 Å². The number of esters is 2. The number of allylic oxidation sites excluding steroid dienone is 2. The third-order valence-corrected chi connectivity index (χ3v) is 10.2. The van der Waals surface area contributed by atoms with E-state index in [-0.39, 0.29) is 46.5 Å². The van der Waals surface area contributed by atoms with E-state index in [0.29, 0.717) is 6.42 Å². The zero-order valence-corrected chi connectivity index (χ0v) is 21.2. The summed E-state index contributed by atoms with van der Waals surface area (Å²) in [4.78, 5) is 38.2. The van der Waals surface area contributed by atoms with Gasteiger partial charge in [0.2, 0.25) is 0 Å². The molecule has 5 aliphatic rings. The van der Waals surface area contributed by atoms with Crippen molar-refractivity contribution < 1.29 is 23.9 Å². The first-order valence-corrected chi connectivity index (χ1v) is 12.6. The molecular weight excluding hydrogens is 430 g/mol. The van der Waals surface area contributed by atoms with Gasteiger partial charge in [-0.1, -0.05) is 40.7 Å². The van der Waals surface area contributed by atoms with Gasteiger partial charge in [-0.05, 0) is 66.4 Å². The van der Waals surface area contributed by atoms with Crippen LogP contribution in [0.5, 0.6) is 0 Å². The highest BCUT2D eigenvalue weighted by Gasteiger charge is 2.69. The summed E-state index contributed by atoms with van der Waals surface area (Å²) in [5.41, 5.74) is 0.441. The number of hydrogen-bond donors (Lipinski definition) is 1. The average molecular weight is 468 g/mol. The minimum atomic E-state index is -0.549. The van der Waals surface area contributed by atoms with Gasteiger partial charge in [0.25, 0.3) is 0 Å². The second-order valence-electron chi connectivity index (χ2n) is 12.3. The molecule has 2 unspecified atom stereocenters. The van der Waals surface area contributed by atoms with E-state index in [1.54, 1.807) is 12.2 Å². The Kier molecular flexibility index (Phi) is 5.03. The van der Waals surface area contributed by atoms with Crippen LogP contribution in [0.4, 0.5) is 0 Å². The van der Waals surface area contributed by atoms with E-state index >= 15 is 0 Å². The Labute approximate surface area is 202 Å². The molecule has 0 aromatic heterocycles. The van der Waals surface area contributed by atoms with Crippen LogP contribution in [0.1, 0.15) is 67.2 Å². The zero-order chi connectivity index (χ0) is 24.7. The SMILES string of the molecule is CC(=O)O[C@@H]1CC2C(C)(C)C(=O)C=C[C@]2(C)C2CC[C@]3(C)C(=CC(=O)O[C@H]3C3=CNCC3)[C@@]21C. The van der Waals surface area contributed by atoms with Gasteiger partial charge in [0.05, 0.1) is 0 Å². The number of carbonyl (C=O) groups excluding carboxylic acids is 3. The van der Waals surface area contributed by atoms with Gasteiger partial charge in [0.15, 0.2) is 5.78 Å². The zero-order valence-electron chi connectivity index (χ0n) is 21.2. The normalized spacial score (nSPS) is 44.5. The van der Waals surface area contributed by atoms with Crippen molar-refractivity contribution >= 4 is 17.7 Å². The van der Waals surface area contributed by atoms with Gasteiger partial charge in [-0.15, -0.1) is 0 Å². The van der Waals surface area contributed by atoms with Gasteiger partial charge in [-0.2, -0.15) is 0 Å². The maximum Gasteiger partial charge on any atom is 0.331 e. The summed E-state index contributed by atoms with van der Waals surface area (Å²) in [6.45, 7) is 13.0. The van der Waals surface area contributed by atoms with Gasteiger partial charge in [-0.25, -0.2) is 4.79 Å². The van der Waals surface area contributed by atoms with Crippen molar-refractivity contribution in [2.24, 2.45) is 33.5 Å². The quantitative estimate of drug-likeness (QED) is 0.611. The monoisotopic (exact) mass is 467 g/mol. The molecule has 2 saturated carbocycles. The van der Waals surface area contributed by atoms with Crippen LogP contribution >= 0.6 is 0 Å². The number of ether oxygens (including phenoxy) is 2. The van der Waals surface area contributed by atoms with E-state index in [4.69, 9.17) is 9.47 Å². The summed E-state index contributed by atoms with van der Waals surface area (Å²) in [7, 11) is 0. The predicted molar refractivity (Wildman–Crippen MR) is 127 cm³/mol. The third kappa shape index (κ3) is 2.96. The first-order chi connectivity index (χ1) is 15.8. The molecule has 5 rings (SSSR count). The molecule has 7 atom stereocenters. The summed E-state index contributed by atoms with van der Waals surface area (Å²) < 4.78 is 12.1. The first kappa shape index (κ1) is 23.4. The molecule has 0 aromatic rings. The van der Waals surface area contributed by atoms with Crippen molar-refractivity contribution in [1.82, 2.24) is 5.32 Å². The number of fused-ring (bicyclic) bond motifs is 5. The Hall–Kier alpha value is -2.37. The molecular formula is C28H37NO5. The second kappa shape index (κ2) is 7.32. The molecule has 2 fully saturated rings. The maximum atomic E-state index is 13.0. The smallest absolute Gasteiger partial charge is 0.331 e. The fourth-order valence-corrected chi connectivity index (χ4v) is 8.48. The molecule has 1 N–H and O–H groups in total. The summed E-state index contributed by atoms with van der Waals surface area (Å²) in [5, 5.41) is 3.27. The number of ketones is 1. The number of hydrogen-bond acceptors (Lipinski definition) is 6. The lowest BCUT2D eigenvalue weighted by molar-refractivity contribution is -0.193. The summed E-state index contributed by atoms with van der Waals surface area (Å²) >= 11 is 0. The summed E-state index contributed by atoms with van der Waals surface area (Å²) in [6, 6.07) is 0. The molecule has 2 heterocycles. The van der Waals surface area contributed by atoms with E-state index < -0.39 is 16.9 Å². The molecule has 2 aliphatic heterocycles. The van der Waals surface area contributed by atoms with E-state index in [0.717, 1.165) is 37.0 Å². The Morgan fingerprint density at radius 3 is 2.53 bits per heavy atom. The van der Waals surface area contributed by atoms with Gasteiger partial charge in [-0.3, -0.25) is 9.59 Å². The molecule has 0 radical (unpaired) electrons. The van der Waals surface area contributed by atoms with Crippen molar-refractivity contribution in [3.05, 3.63) is 35.6 Å². The van der Waals surface area contributed by atoms with Crippen LogP contribution in [-0.2, 0) is 23.9 Å². The number of nitrogens with one attached hydrogen (secondary N) is 1. The van der Waals surface area contributed by atoms with Crippen LogP contribution in [-0.4, -0.2) is 36.5 Å². The lowest BCUT2D eigenvalue weighted by atomic mass is 9.38. The molecule has 6 nitrogen and oxygen atoms in total. The Morgan fingerprint density at radius 1 is 1.15 bits per heavy atom. The van der Waals surface area contributed by atoms with Crippen LogP contribution in [0.15, 0.2) is 35.6 Å². The van der Waals surface area contributed by atoms with Gasteiger partial charge in [0, 0.05) is 35.8 Å². The fraction of sp³-hybridized carbons (Fsp3) is 0.679. The molecule has 0 amide bonds. The highest BCUT2D eigenvalue weighted by molar-refractivity contribution is 5.96. The molecule has 6 heteroatoms. The molecule has 184 valence electrons. The van der Waals surface area contributed by atoms with Crippen LogP contribution in [0.25, 0.3) is 0 Å². The number of rotatable bonds is 2. The summed E-state index contributed by atoms with van der Waals surface area (Å²) in [6.07, 6.45) is 10.0. The molecule has 0 bridgehead atoms. The second-order valence-corrected chi connectivity index (χ2v) is 12.3. The lowest BCUT2D eigenvalue weighted by Crippen LogP contribution is -2.66.